The molecule has 0 radical (unpaired) electrons. The van der Waals surface area contributed by atoms with Gasteiger partial charge in [0.25, 0.3) is 0 Å². The maximum Gasteiger partial charge on any atom is 0.0558 e. The van der Waals surface area contributed by atoms with E-state index in [1.807, 2.05) is 0 Å². The van der Waals surface area contributed by atoms with Crippen molar-refractivity contribution in [3.8, 4) is 0 Å². The molecule has 1 aliphatic heterocycles. The van der Waals surface area contributed by atoms with Crippen molar-refractivity contribution in [2.45, 2.75) is 32.7 Å². The maximum absolute atomic E-state index is 8.89. The number of β-amino-alcohol motifs (C(OH)–C–C–N with tert-alkyl or cyclic N) is 1. The highest BCUT2D eigenvalue weighted by molar-refractivity contribution is 4.80. The fraction of sp³-hybridized carbons (Fsp3) is 1.00. The molecule has 1 atom stereocenters. The van der Waals surface area contributed by atoms with Crippen LogP contribution in [0.4, 0.5) is 0 Å². The minimum atomic E-state index is 0.296. The molecule has 0 amide bonds. The van der Waals surface area contributed by atoms with Crippen LogP contribution in [-0.4, -0.2) is 60.3 Å². The third kappa shape index (κ3) is 3.23. The molecule has 14 heavy (non-hydrogen) atoms. The van der Waals surface area contributed by atoms with E-state index in [4.69, 9.17) is 5.11 Å². The average Bonchev–Trinajstić information content (AvgIpc) is 2.21. The molecule has 3 heteroatoms. The standard InChI is InChI=1S/C11H24N2O/c1-3-5-13-7-6-12(8-9-14)10-11(13)4-2/h11,14H,3-10H2,1-2H3. The predicted molar refractivity (Wildman–Crippen MR) is 59.5 cm³/mol. The minimum absolute atomic E-state index is 0.296. The zero-order valence-corrected chi connectivity index (χ0v) is 9.58. The van der Waals surface area contributed by atoms with Gasteiger partial charge in [-0.2, -0.15) is 0 Å². The van der Waals surface area contributed by atoms with Crippen LogP contribution >= 0.6 is 0 Å². The summed E-state index contributed by atoms with van der Waals surface area (Å²) in [6.07, 6.45) is 2.47. The highest BCUT2D eigenvalue weighted by Crippen LogP contribution is 2.12. The molecule has 0 aromatic heterocycles. The molecule has 1 N–H and O–H groups in total. The Kier molecular flexibility index (Phi) is 5.45. The smallest absolute Gasteiger partial charge is 0.0558 e. The highest BCUT2D eigenvalue weighted by Gasteiger charge is 2.24. The van der Waals surface area contributed by atoms with E-state index in [-0.39, 0.29) is 0 Å². The Hall–Kier alpha value is -0.120. The minimum Gasteiger partial charge on any atom is -0.395 e. The Labute approximate surface area is 87.7 Å². The van der Waals surface area contributed by atoms with E-state index in [9.17, 15) is 0 Å². The molecule has 1 fully saturated rings. The van der Waals surface area contributed by atoms with E-state index >= 15 is 0 Å². The summed E-state index contributed by atoms with van der Waals surface area (Å²) in [6.45, 7) is 10.3. The molecule has 0 aliphatic carbocycles. The van der Waals surface area contributed by atoms with Gasteiger partial charge in [-0.15, -0.1) is 0 Å². The monoisotopic (exact) mass is 200 g/mol. The van der Waals surface area contributed by atoms with E-state index in [1.165, 1.54) is 25.9 Å². The summed E-state index contributed by atoms with van der Waals surface area (Å²) in [5, 5.41) is 8.89. The molecule has 1 saturated heterocycles. The second-order valence-corrected chi connectivity index (χ2v) is 4.12. The highest BCUT2D eigenvalue weighted by atomic mass is 16.3. The molecular weight excluding hydrogens is 176 g/mol. The molecule has 84 valence electrons. The van der Waals surface area contributed by atoms with Gasteiger partial charge in [0.05, 0.1) is 6.61 Å². The molecule has 0 saturated carbocycles. The molecule has 1 aliphatic rings. The van der Waals surface area contributed by atoms with Crippen molar-refractivity contribution in [2.24, 2.45) is 0 Å². The number of hydrogen-bond acceptors (Lipinski definition) is 3. The first kappa shape index (κ1) is 12.0. The van der Waals surface area contributed by atoms with Gasteiger partial charge in [-0.25, -0.2) is 0 Å². The van der Waals surface area contributed by atoms with Gasteiger partial charge in [-0.3, -0.25) is 9.80 Å². The van der Waals surface area contributed by atoms with Gasteiger partial charge in [0.15, 0.2) is 0 Å². The third-order valence-electron chi connectivity index (χ3n) is 3.09. The van der Waals surface area contributed by atoms with Crippen molar-refractivity contribution < 1.29 is 5.11 Å². The van der Waals surface area contributed by atoms with Crippen LogP contribution in [0.1, 0.15) is 26.7 Å². The van der Waals surface area contributed by atoms with Crippen LogP contribution in [0.5, 0.6) is 0 Å². The van der Waals surface area contributed by atoms with Gasteiger partial charge >= 0.3 is 0 Å². The Morgan fingerprint density at radius 1 is 1.21 bits per heavy atom. The molecule has 0 aromatic rings. The van der Waals surface area contributed by atoms with Gasteiger partial charge in [0.2, 0.25) is 0 Å². The van der Waals surface area contributed by atoms with Crippen LogP contribution in [0.2, 0.25) is 0 Å². The third-order valence-corrected chi connectivity index (χ3v) is 3.09. The first-order valence-electron chi connectivity index (χ1n) is 5.89. The van der Waals surface area contributed by atoms with Crippen molar-refractivity contribution in [1.29, 1.82) is 0 Å². The molecule has 1 heterocycles. The van der Waals surface area contributed by atoms with Gasteiger partial charge in [0.1, 0.15) is 0 Å². The Morgan fingerprint density at radius 2 is 2.00 bits per heavy atom. The van der Waals surface area contributed by atoms with Crippen molar-refractivity contribution in [2.75, 3.05) is 39.3 Å². The molecule has 0 spiro atoms. The maximum atomic E-state index is 8.89. The first-order valence-corrected chi connectivity index (χ1v) is 5.89. The van der Waals surface area contributed by atoms with Crippen molar-refractivity contribution in [1.82, 2.24) is 9.80 Å². The number of piperazine rings is 1. The zero-order valence-electron chi connectivity index (χ0n) is 9.58. The van der Waals surface area contributed by atoms with E-state index in [1.54, 1.807) is 0 Å². The SMILES string of the molecule is CCCN1CCN(CCO)CC1CC. The Bertz CT molecular complexity index is 152. The van der Waals surface area contributed by atoms with Crippen LogP contribution in [0.15, 0.2) is 0 Å². The zero-order chi connectivity index (χ0) is 10.4. The van der Waals surface area contributed by atoms with Crippen molar-refractivity contribution in [3.63, 3.8) is 0 Å². The van der Waals surface area contributed by atoms with Gasteiger partial charge in [-0.1, -0.05) is 13.8 Å². The van der Waals surface area contributed by atoms with E-state index in [0.717, 1.165) is 19.6 Å². The van der Waals surface area contributed by atoms with Crippen LogP contribution in [-0.2, 0) is 0 Å². The van der Waals surface area contributed by atoms with E-state index < -0.39 is 0 Å². The molecule has 0 aromatic carbocycles. The molecule has 0 bridgehead atoms. The first-order chi connectivity index (χ1) is 6.81. The summed E-state index contributed by atoms with van der Waals surface area (Å²) < 4.78 is 0. The van der Waals surface area contributed by atoms with E-state index in [0.29, 0.717) is 12.6 Å². The summed E-state index contributed by atoms with van der Waals surface area (Å²) in [5.41, 5.74) is 0. The van der Waals surface area contributed by atoms with E-state index in [2.05, 4.69) is 23.6 Å². The van der Waals surface area contributed by atoms with Crippen LogP contribution in [0.3, 0.4) is 0 Å². The molecule has 1 rings (SSSR count). The summed E-state index contributed by atoms with van der Waals surface area (Å²) in [6, 6.07) is 0.704. The van der Waals surface area contributed by atoms with Crippen LogP contribution < -0.4 is 0 Å². The second kappa shape index (κ2) is 6.38. The average molecular weight is 200 g/mol. The van der Waals surface area contributed by atoms with Crippen molar-refractivity contribution in [3.05, 3.63) is 0 Å². The molecule has 3 nitrogen and oxygen atoms in total. The lowest BCUT2D eigenvalue weighted by molar-refractivity contribution is 0.0616. The number of rotatable bonds is 5. The largest absolute Gasteiger partial charge is 0.395 e. The fourth-order valence-corrected chi connectivity index (χ4v) is 2.27. The lowest BCUT2D eigenvalue weighted by Crippen LogP contribution is -2.53. The number of nitrogens with zero attached hydrogens (tertiary/aromatic N) is 2. The van der Waals surface area contributed by atoms with Crippen LogP contribution in [0, 0.1) is 0 Å². The van der Waals surface area contributed by atoms with Crippen molar-refractivity contribution >= 4 is 0 Å². The fourth-order valence-electron chi connectivity index (χ4n) is 2.27. The summed E-state index contributed by atoms with van der Waals surface area (Å²) in [4.78, 5) is 4.97. The van der Waals surface area contributed by atoms with Gasteiger partial charge in [-0.05, 0) is 19.4 Å². The molecule has 1 unspecified atom stereocenters. The number of hydrogen-bond donors (Lipinski definition) is 1. The predicted octanol–water partition coefficient (Wildman–Crippen LogP) is 0.785. The summed E-state index contributed by atoms with van der Waals surface area (Å²) in [7, 11) is 0. The lowest BCUT2D eigenvalue weighted by Gasteiger charge is -2.41. The Morgan fingerprint density at radius 3 is 2.57 bits per heavy atom. The van der Waals surface area contributed by atoms with Gasteiger partial charge < -0.3 is 5.11 Å². The topological polar surface area (TPSA) is 26.7 Å². The summed E-state index contributed by atoms with van der Waals surface area (Å²) >= 11 is 0. The Balaban J connectivity index is 2.37. The van der Waals surface area contributed by atoms with Crippen LogP contribution in [0.25, 0.3) is 0 Å². The normalized spacial score (nSPS) is 25.5. The number of aliphatic hydroxyl groups is 1. The summed E-state index contributed by atoms with van der Waals surface area (Å²) in [5.74, 6) is 0. The quantitative estimate of drug-likeness (QED) is 0.710. The second-order valence-electron chi connectivity index (χ2n) is 4.12. The lowest BCUT2D eigenvalue weighted by atomic mass is 10.1. The number of aliphatic hydroxyl groups excluding tert-OH is 1. The van der Waals surface area contributed by atoms with Gasteiger partial charge in [0, 0.05) is 32.2 Å². The molecular formula is C11H24N2O.